The summed E-state index contributed by atoms with van der Waals surface area (Å²) in [5.41, 5.74) is 2.31. The van der Waals surface area contributed by atoms with E-state index in [2.05, 4.69) is 24.4 Å². The quantitative estimate of drug-likeness (QED) is 0.833. The number of rotatable bonds is 7. The molecule has 1 aliphatic rings. The predicted molar refractivity (Wildman–Crippen MR) is 95.0 cm³/mol. The van der Waals surface area contributed by atoms with Crippen LogP contribution < -0.4 is 10.1 Å². The second-order valence-corrected chi connectivity index (χ2v) is 6.50. The van der Waals surface area contributed by atoms with Crippen molar-refractivity contribution in [2.75, 3.05) is 26.8 Å². The molecule has 0 aliphatic carbocycles. The summed E-state index contributed by atoms with van der Waals surface area (Å²) in [5, 5.41) is 3.65. The summed E-state index contributed by atoms with van der Waals surface area (Å²) in [7, 11) is 1.69. The predicted octanol–water partition coefficient (Wildman–Crippen LogP) is 2.58. The fourth-order valence-electron chi connectivity index (χ4n) is 3.25. The molecule has 134 valence electrons. The van der Waals surface area contributed by atoms with Crippen molar-refractivity contribution in [2.45, 2.75) is 46.4 Å². The van der Waals surface area contributed by atoms with Gasteiger partial charge in [0, 0.05) is 44.8 Å². The van der Waals surface area contributed by atoms with Crippen LogP contribution in [0.3, 0.4) is 0 Å². The largest absolute Gasteiger partial charge is 0.496 e. The summed E-state index contributed by atoms with van der Waals surface area (Å²) in [6.45, 7) is 9.61. The average Bonchev–Trinajstić information content (AvgIpc) is 2.58. The van der Waals surface area contributed by atoms with E-state index in [0.717, 1.165) is 37.4 Å². The Labute approximate surface area is 145 Å². The first-order valence-corrected chi connectivity index (χ1v) is 8.77. The van der Waals surface area contributed by atoms with E-state index in [1.807, 2.05) is 17.9 Å². The lowest BCUT2D eigenvalue weighted by Gasteiger charge is -2.37. The fourth-order valence-corrected chi connectivity index (χ4v) is 3.25. The van der Waals surface area contributed by atoms with E-state index in [-0.39, 0.29) is 5.91 Å². The van der Waals surface area contributed by atoms with E-state index in [4.69, 9.17) is 9.47 Å². The highest BCUT2D eigenvalue weighted by Gasteiger charge is 2.26. The van der Waals surface area contributed by atoms with Gasteiger partial charge in [0.05, 0.1) is 13.7 Å². The Hall–Kier alpha value is -1.59. The average molecular weight is 334 g/mol. The minimum Gasteiger partial charge on any atom is -0.496 e. The van der Waals surface area contributed by atoms with Crippen molar-refractivity contribution in [1.29, 1.82) is 0 Å². The number of nitrogens with one attached hydrogen (secondary N) is 1. The zero-order valence-corrected chi connectivity index (χ0v) is 15.3. The van der Waals surface area contributed by atoms with Crippen molar-refractivity contribution < 1.29 is 14.3 Å². The summed E-state index contributed by atoms with van der Waals surface area (Å²) >= 11 is 0. The molecule has 0 saturated carbocycles. The van der Waals surface area contributed by atoms with Crippen LogP contribution in [0.15, 0.2) is 18.2 Å². The number of ether oxygens (including phenoxy) is 2. The number of carbonyl (C=O) groups excluding carboxylic acids is 1. The molecule has 2 rings (SSSR count). The first-order valence-electron chi connectivity index (χ1n) is 8.77. The molecule has 2 atom stereocenters. The number of nitrogens with zero attached hydrogens (tertiary/aromatic N) is 1. The molecule has 1 saturated heterocycles. The normalized spacial score (nSPS) is 20.9. The van der Waals surface area contributed by atoms with Crippen LogP contribution in [-0.2, 0) is 22.7 Å². The lowest BCUT2D eigenvalue weighted by atomic mass is 9.93. The summed E-state index contributed by atoms with van der Waals surface area (Å²) in [5.74, 6) is 1.51. The fraction of sp³-hybridized carbons (Fsp3) is 0.632. The van der Waals surface area contributed by atoms with Crippen LogP contribution in [0.25, 0.3) is 0 Å². The number of methoxy groups -OCH3 is 1. The number of hydrogen-bond acceptors (Lipinski definition) is 4. The van der Waals surface area contributed by atoms with Gasteiger partial charge < -0.3 is 19.7 Å². The van der Waals surface area contributed by atoms with Gasteiger partial charge in [0.15, 0.2) is 0 Å². The first kappa shape index (κ1) is 18.7. The Kier molecular flexibility index (Phi) is 7.06. The molecular weight excluding hydrogens is 304 g/mol. The van der Waals surface area contributed by atoms with Crippen molar-refractivity contribution in [3.63, 3.8) is 0 Å². The molecule has 1 aromatic rings. The van der Waals surface area contributed by atoms with Crippen molar-refractivity contribution in [3.05, 3.63) is 29.3 Å². The van der Waals surface area contributed by atoms with Crippen molar-refractivity contribution in [1.82, 2.24) is 10.2 Å². The molecule has 1 aromatic carbocycles. The molecule has 1 N–H and O–H groups in total. The third-order valence-corrected chi connectivity index (χ3v) is 4.73. The van der Waals surface area contributed by atoms with Crippen LogP contribution in [0.5, 0.6) is 5.75 Å². The minimum absolute atomic E-state index is 0.177. The monoisotopic (exact) mass is 334 g/mol. The van der Waals surface area contributed by atoms with Gasteiger partial charge in [-0.3, -0.25) is 4.79 Å². The van der Waals surface area contributed by atoms with Crippen LogP contribution in [-0.4, -0.2) is 43.7 Å². The number of carbonyl (C=O) groups is 1. The van der Waals surface area contributed by atoms with Gasteiger partial charge in [0.25, 0.3) is 0 Å². The second-order valence-electron chi connectivity index (χ2n) is 6.50. The number of piperidine rings is 1. The molecule has 0 aromatic heterocycles. The molecule has 5 nitrogen and oxygen atoms in total. The van der Waals surface area contributed by atoms with Gasteiger partial charge >= 0.3 is 0 Å². The van der Waals surface area contributed by atoms with Crippen LogP contribution in [0.2, 0.25) is 0 Å². The van der Waals surface area contributed by atoms with Gasteiger partial charge in [-0.2, -0.15) is 0 Å². The van der Waals surface area contributed by atoms with Crippen molar-refractivity contribution >= 4 is 5.91 Å². The molecule has 1 aliphatic heterocycles. The molecule has 1 amide bonds. The van der Waals surface area contributed by atoms with Crippen molar-refractivity contribution in [3.8, 4) is 5.75 Å². The van der Waals surface area contributed by atoms with Gasteiger partial charge in [-0.15, -0.1) is 0 Å². The molecule has 5 heteroatoms. The van der Waals surface area contributed by atoms with E-state index in [1.165, 1.54) is 5.56 Å². The van der Waals surface area contributed by atoms with E-state index in [0.29, 0.717) is 25.2 Å². The van der Waals surface area contributed by atoms with E-state index in [9.17, 15) is 4.79 Å². The molecule has 0 spiro atoms. The number of likely N-dealkylation sites (tertiary alicyclic amines) is 1. The van der Waals surface area contributed by atoms with E-state index in [1.54, 1.807) is 14.0 Å². The molecule has 1 heterocycles. The highest BCUT2D eigenvalue weighted by Crippen LogP contribution is 2.22. The maximum absolute atomic E-state index is 11.5. The van der Waals surface area contributed by atoms with E-state index >= 15 is 0 Å². The van der Waals surface area contributed by atoms with Gasteiger partial charge in [0.2, 0.25) is 5.91 Å². The van der Waals surface area contributed by atoms with Gasteiger partial charge in [0.1, 0.15) is 5.75 Å². The Balaban J connectivity index is 1.93. The first-order chi connectivity index (χ1) is 11.5. The highest BCUT2D eigenvalue weighted by molar-refractivity contribution is 5.73. The minimum atomic E-state index is 0.177. The maximum atomic E-state index is 11.5. The zero-order chi connectivity index (χ0) is 17.5. The summed E-state index contributed by atoms with van der Waals surface area (Å²) in [6.07, 6.45) is 1.00. The zero-order valence-electron chi connectivity index (χ0n) is 15.3. The second kappa shape index (κ2) is 9.04. The lowest BCUT2D eigenvalue weighted by Crippen LogP contribution is -2.49. The van der Waals surface area contributed by atoms with Gasteiger partial charge in [-0.05, 0) is 37.0 Å². The van der Waals surface area contributed by atoms with Gasteiger partial charge in [-0.25, -0.2) is 0 Å². The van der Waals surface area contributed by atoms with Crippen LogP contribution in [0.4, 0.5) is 0 Å². The van der Waals surface area contributed by atoms with E-state index < -0.39 is 0 Å². The van der Waals surface area contributed by atoms with Crippen LogP contribution in [0.1, 0.15) is 38.3 Å². The number of benzene rings is 1. The van der Waals surface area contributed by atoms with Crippen molar-refractivity contribution in [2.24, 2.45) is 5.92 Å². The third-order valence-electron chi connectivity index (χ3n) is 4.73. The number of amides is 1. The lowest BCUT2D eigenvalue weighted by molar-refractivity contribution is -0.130. The Morgan fingerprint density at radius 1 is 1.42 bits per heavy atom. The topological polar surface area (TPSA) is 50.8 Å². The van der Waals surface area contributed by atoms with Crippen LogP contribution >= 0.6 is 0 Å². The summed E-state index contributed by atoms with van der Waals surface area (Å²) < 4.78 is 10.9. The van der Waals surface area contributed by atoms with Crippen LogP contribution in [0, 0.1) is 5.92 Å². The molecule has 0 radical (unpaired) electrons. The SMILES string of the molecule is CCOCc1cc(CNC2CCN(C(C)=O)CC2C)ccc1OC. The molecule has 1 fully saturated rings. The number of hydrogen-bond donors (Lipinski definition) is 1. The Bertz CT molecular complexity index is 547. The summed E-state index contributed by atoms with van der Waals surface area (Å²) in [4.78, 5) is 13.4. The summed E-state index contributed by atoms with van der Waals surface area (Å²) in [6, 6.07) is 6.69. The molecule has 0 bridgehead atoms. The third kappa shape index (κ3) is 4.95. The van der Waals surface area contributed by atoms with Gasteiger partial charge in [-0.1, -0.05) is 13.0 Å². The maximum Gasteiger partial charge on any atom is 0.219 e. The molecule has 2 unspecified atom stereocenters. The molecular formula is C19H30N2O3. The smallest absolute Gasteiger partial charge is 0.219 e. The standard InChI is InChI=1S/C19H30N2O3/c1-5-24-13-17-10-16(6-7-19(17)23-4)11-20-18-8-9-21(15(3)22)12-14(18)2/h6-7,10,14,18,20H,5,8-9,11-13H2,1-4H3. The highest BCUT2D eigenvalue weighted by atomic mass is 16.5. The molecule has 24 heavy (non-hydrogen) atoms. The Morgan fingerprint density at radius 3 is 2.83 bits per heavy atom. The Morgan fingerprint density at radius 2 is 2.21 bits per heavy atom.